The van der Waals surface area contributed by atoms with Crippen LogP contribution in [0.4, 0.5) is 0 Å². The highest BCUT2D eigenvalue weighted by atomic mass is 16.6. The zero-order chi connectivity index (χ0) is 33.5. The Bertz CT molecular complexity index is 2500. The largest absolute Gasteiger partial charge is 0.491 e. The topological polar surface area (TPSA) is 43.5 Å². The van der Waals surface area contributed by atoms with Gasteiger partial charge in [-0.25, -0.2) is 0 Å². The molecule has 2 fully saturated rings. The first-order valence-corrected chi connectivity index (χ1v) is 17.8. The van der Waals surface area contributed by atoms with Gasteiger partial charge in [-0.1, -0.05) is 109 Å². The maximum atomic E-state index is 6.07. The molecule has 246 valence electrons. The van der Waals surface area contributed by atoms with Crippen molar-refractivity contribution in [3.05, 3.63) is 168 Å². The van der Waals surface area contributed by atoms with Crippen LogP contribution in [-0.2, 0) is 14.9 Å². The first-order valence-electron chi connectivity index (χ1n) is 17.8. The van der Waals surface area contributed by atoms with E-state index >= 15 is 0 Å². The highest BCUT2D eigenvalue weighted by molar-refractivity contribution is 6.12. The molecule has 2 atom stereocenters. The average molecular weight is 663 g/mol. The Balaban J connectivity index is 1.18. The molecule has 4 heteroatoms. The van der Waals surface area contributed by atoms with Gasteiger partial charge in [-0.3, -0.25) is 0 Å². The van der Waals surface area contributed by atoms with Crippen molar-refractivity contribution in [2.45, 2.75) is 17.6 Å². The first-order chi connectivity index (χ1) is 25.2. The first kappa shape index (κ1) is 29.1. The number of hydrogen-bond acceptors (Lipinski definition) is 4. The minimum atomic E-state index is -0.571. The molecule has 2 unspecified atom stereocenters. The van der Waals surface area contributed by atoms with E-state index in [9.17, 15) is 0 Å². The minimum Gasteiger partial charge on any atom is -0.491 e. The van der Waals surface area contributed by atoms with Gasteiger partial charge in [0, 0.05) is 0 Å². The third-order valence-corrected chi connectivity index (χ3v) is 11.1. The molecule has 2 heterocycles. The monoisotopic (exact) mass is 662 g/mol. The number of epoxide rings is 2. The second kappa shape index (κ2) is 11.2. The molecule has 4 nitrogen and oxygen atoms in total. The quantitative estimate of drug-likeness (QED) is 0.152. The average Bonchev–Trinajstić information content (AvgIpc) is 4.13. The van der Waals surface area contributed by atoms with Gasteiger partial charge in [0.1, 0.15) is 36.9 Å². The van der Waals surface area contributed by atoms with Crippen molar-refractivity contribution in [1.29, 1.82) is 0 Å². The maximum absolute atomic E-state index is 6.07. The van der Waals surface area contributed by atoms with E-state index in [0.717, 1.165) is 35.5 Å². The summed E-state index contributed by atoms with van der Waals surface area (Å²) in [7, 11) is 0. The van der Waals surface area contributed by atoms with Crippen molar-refractivity contribution >= 4 is 43.1 Å². The van der Waals surface area contributed by atoms with Crippen LogP contribution in [0.25, 0.3) is 54.2 Å². The number of fused-ring (bicyclic) bond motifs is 9. The molecular weight excluding hydrogens is 629 g/mol. The van der Waals surface area contributed by atoms with Crippen LogP contribution in [0.1, 0.15) is 22.3 Å². The summed E-state index contributed by atoms with van der Waals surface area (Å²) in [4.78, 5) is 0. The lowest BCUT2D eigenvalue weighted by molar-refractivity contribution is 0.263. The summed E-state index contributed by atoms with van der Waals surface area (Å²) < 4.78 is 22.9. The zero-order valence-electron chi connectivity index (χ0n) is 28.0. The van der Waals surface area contributed by atoms with Crippen LogP contribution < -0.4 is 9.47 Å². The van der Waals surface area contributed by atoms with E-state index in [1.807, 2.05) is 0 Å². The molecular formula is C47H34O4. The molecule has 3 aliphatic rings. The van der Waals surface area contributed by atoms with Gasteiger partial charge in [0.2, 0.25) is 0 Å². The molecule has 0 spiro atoms. The molecule has 0 amide bonds. The molecule has 2 saturated heterocycles. The number of rotatable bonds is 8. The summed E-state index contributed by atoms with van der Waals surface area (Å²) in [5.74, 6) is 1.75. The third kappa shape index (κ3) is 4.67. The summed E-state index contributed by atoms with van der Waals surface area (Å²) in [5.41, 5.74) is 7.15. The smallest absolute Gasteiger partial charge is 0.120 e. The van der Waals surface area contributed by atoms with Gasteiger partial charge in [0.15, 0.2) is 0 Å². The highest BCUT2D eigenvalue weighted by Gasteiger charge is 2.47. The fourth-order valence-corrected chi connectivity index (χ4v) is 8.44. The molecule has 0 bridgehead atoms. The Morgan fingerprint density at radius 1 is 0.451 bits per heavy atom. The summed E-state index contributed by atoms with van der Waals surface area (Å²) in [6, 6.07) is 53.9. The van der Waals surface area contributed by atoms with E-state index in [2.05, 4.69) is 146 Å². The zero-order valence-corrected chi connectivity index (χ0v) is 28.0. The van der Waals surface area contributed by atoms with Crippen LogP contribution in [0.15, 0.2) is 146 Å². The number of ether oxygens (including phenoxy) is 4. The lowest BCUT2D eigenvalue weighted by Gasteiger charge is -2.34. The van der Waals surface area contributed by atoms with E-state index in [4.69, 9.17) is 18.9 Å². The minimum absolute atomic E-state index is 0.219. The number of hydrogen-bond donors (Lipinski definition) is 0. The predicted octanol–water partition coefficient (Wildman–Crippen LogP) is 10.2. The van der Waals surface area contributed by atoms with Crippen molar-refractivity contribution in [1.82, 2.24) is 0 Å². The molecule has 0 N–H and O–H groups in total. The lowest BCUT2D eigenvalue weighted by atomic mass is 9.67. The fourth-order valence-electron chi connectivity index (χ4n) is 8.44. The van der Waals surface area contributed by atoms with Crippen LogP contribution in [0.5, 0.6) is 11.5 Å². The molecule has 0 aromatic heterocycles. The van der Waals surface area contributed by atoms with Gasteiger partial charge < -0.3 is 18.9 Å². The summed E-state index contributed by atoms with van der Waals surface area (Å²) in [6.07, 6.45) is 0.437. The maximum Gasteiger partial charge on any atom is 0.120 e. The molecule has 0 saturated carbocycles. The Hall–Kier alpha value is -5.68. The van der Waals surface area contributed by atoms with Crippen LogP contribution in [0.2, 0.25) is 0 Å². The van der Waals surface area contributed by atoms with Crippen LogP contribution in [0, 0.1) is 0 Å². The van der Waals surface area contributed by atoms with Crippen LogP contribution in [-0.4, -0.2) is 38.6 Å². The van der Waals surface area contributed by atoms with E-state index < -0.39 is 5.41 Å². The van der Waals surface area contributed by atoms with E-state index in [-0.39, 0.29) is 12.2 Å². The molecule has 8 aromatic rings. The lowest BCUT2D eigenvalue weighted by Crippen LogP contribution is -2.28. The molecule has 0 radical (unpaired) electrons. The second-order valence-corrected chi connectivity index (χ2v) is 14.1. The predicted molar refractivity (Wildman–Crippen MR) is 204 cm³/mol. The molecule has 1 aliphatic carbocycles. The van der Waals surface area contributed by atoms with Crippen molar-refractivity contribution in [3.63, 3.8) is 0 Å². The van der Waals surface area contributed by atoms with Crippen molar-refractivity contribution < 1.29 is 18.9 Å². The van der Waals surface area contributed by atoms with E-state index in [0.29, 0.717) is 13.2 Å². The van der Waals surface area contributed by atoms with E-state index in [1.54, 1.807) is 0 Å². The van der Waals surface area contributed by atoms with Gasteiger partial charge in [0.25, 0.3) is 0 Å². The van der Waals surface area contributed by atoms with Crippen molar-refractivity contribution in [2.75, 3.05) is 26.4 Å². The SMILES string of the molecule is c1ccc2c3c(ccc2c1)C(c1ccc2cc(OCC4CO4)ccc2c1)(c1ccc2cc(OCC4CO4)ccc2c1)c1ccc2ccccc2c1-3. The van der Waals surface area contributed by atoms with Gasteiger partial charge >= 0.3 is 0 Å². The Kier molecular flexibility index (Phi) is 6.37. The Morgan fingerprint density at radius 3 is 1.33 bits per heavy atom. The van der Waals surface area contributed by atoms with Crippen LogP contribution >= 0.6 is 0 Å². The van der Waals surface area contributed by atoms with Gasteiger partial charge in [0.05, 0.1) is 18.6 Å². The fraction of sp³-hybridized carbons (Fsp3) is 0.149. The third-order valence-electron chi connectivity index (χ3n) is 11.1. The van der Waals surface area contributed by atoms with Crippen molar-refractivity contribution in [3.8, 4) is 22.6 Å². The van der Waals surface area contributed by atoms with Gasteiger partial charge in [-0.2, -0.15) is 0 Å². The van der Waals surface area contributed by atoms with Crippen molar-refractivity contribution in [2.24, 2.45) is 0 Å². The van der Waals surface area contributed by atoms with E-state index in [1.165, 1.54) is 65.7 Å². The molecule has 51 heavy (non-hydrogen) atoms. The second-order valence-electron chi connectivity index (χ2n) is 14.1. The summed E-state index contributed by atoms with van der Waals surface area (Å²) in [6.45, 7) is 2.75. The van der Waals surface area contributed by atoms with Gasteiger partial charge in [-0.05, 0) is 113 Å². The molecule has 2 aliphatic heterocycles. The standard InChI is InChI=1S/C47H34O4/c1-3-7-41-29(5-1)13-19-43-45(41)46-42-8-4-2-6-30(42)14-20-44(46)47(43,35-15-9-33-23-37(17-11-31(33)21-35)48-25-39-27-50-39)36-16-10-34-24-38(18-12-32(34)22-36)49-26-40-28-51-40/h1-24,39-40H,25-28H2. The molecule has 11 rings (SSSR count). The summed E-state index contributed by atoms with van der Waals surface area (Å²) >= 11 is 0. The normalized spacial score (nSPS) is 18.2. The Labute approximate surface area is 295 Å². The summed E-state index contributed by atoms with van der Waals surface area (Å²) in [5, 5.41) is 9.72. The van der Waals surface area contributed by atoms with Crippen LogP contribution in [0.3, 0.4) is 0 Å². The number of benzene rings is 8. The molecule has 8 aromatic carbocycles. The highest BCUT2D eigenvalue weighted by Crippen LogP contribution is 2.60. The Morgan fingerprint density at radius 2 is 0.863 bits per heavy atom. The van der Waals surface area contributed by atoms with Gasteiger partial charge in [-0.15, -0.1) is 0 Å².